The summed E-state index contributed by atoms with van der Waals surface area (Å²) in [5.74, 6) is 1.99. The molecule has 2 rings (SSSR count). The van der Waals surface area contributed by atoms with Crippen molar-refractivity contribution in [2.75, 3.05) is 14.2 Å². The predicted molar refractivity (Wildman–Crippen MR) is 66.3 cm³/mol. The number of halogens is 1. The minimum Gasteiger partial charge on any atom is -0.496 e. The van der Waals surface area contributed by atoms with Gasteiger partial charge in [-0.25, -0.2) is 4.98 Å². The summed E-state index contributed by atoms with van der Waals surface area (Å²) < 4.78 is 10.9. The fraction of sp³-hybridized carbons (Fsp3) is 0.250. The lowest BCUT2D eigenvalue weighted by Crippen LogP contribution is -2.04. The zero-order chi connectivity index (χ0) is 12.3. The number of hydrogen-bond donors (Lipinski definition) is 1. The van der Waals surface area contributed by atoms with Crippen LogP contribution in [0, 0.1) is 0 Å². The molecule has 1 heterocycles. The Morgan fingerprint density at radius 1 is 1.47 bits per heavy atom. The second-order valence-electron chi connectivity index (χ2n) is 3.49. The molecule has 0 amide bonds. The number of nitrogens with zero attached hydrogens (tertiary/aromatic N) is 1. The Balaban J connectivity index is 2.40. The van der Waals surface area contributed by atoms with Gasteiger partial charge in [0.25, 0.3) is 0 Å². The Kier molecular flexibility index (Phi) is 3.66. The average molecular weight is 253 g/mol. The Labute approximate surface area is 105 Å². The molecule has 0 bridgehead atoms. The van der Waals surface area contributed by atoms with E-state index in [0.29, 0.717) is 29.0 Å². The van der Waals surface area contributed by atoms with Crippen molar-refractivity contribution in [1.82, 2.24) is 10.3 Å². The van der Waals surface area contributed by atoms with Gasteiger partial charge in [0, 0.05) is 5.02 Å². The molecule has 0 unspecified atom stereocenters. The quantitative estimate of drug-likeness (QED) is 0.909. The number of ether oxygens (including phenoxy) is 1. The highest BCUT2D eigenvalue weighted by atomic mass is 35.5. The van der Waals surface area contributed by atoms with Crippen LogP contribution < -0.4 is 10.1 Å². The maximum atomic E-state index is 5.96. The molecule has 0 radical (unpaired) electrons. The number of methoxy groups -OCH3 is 1. The van der Waals surface area contributed by atoms with Crippen molar-refractivity contribution in [2.24, 2.45) is 0 Å². The first-order valence-corrected chi connectivity index (χ1v) is 5.55. The monoisotopic (exact) mass is 252 g/mol. The molecule has 90 valence electrons. The zero-order valence-electron chi connectivity index (χ0n) is 9.66. The Hall–Kier alpha value is -1.52. The highest BCUT2D eigenvalue weighted by Crippen LogP contribution is 2.32. The molecule has 0 atom stereocenters. The minimum absolute atomic E-state index is 0.586. The molecule has 5 heteroatoms. The number of nitrogens with one attached hydrogen (secondary N) is 1. The van der Waals surface area contributed by atoms with E-state index in [9.17, 15) is 0 Å². The van der Waals surface area contributed by atoms with Crippen LogP contribution in [0.15, 0.2) is 28.8 Å². The van der Waals surface area contributed by atoms with Crippen LogP contribution in [0.4, 0.5) is 0 Å². The number of aromatic nitrogens is 1. The summed E-state index contributed by atoms with van der Waals surface area (Å²) in [6, 6.07) is 5.37. The predicted octanol–water partition coefficient (Wildman–Crippen LogP) is 2.72. The van der Waals surface area contributed by atoms with Gasteiger partial charge in [0.2, 0.25) is 5.89 Å². The summed E-state index contributed by atoms with van der Waals surface area (Å²) in [7, 11) is 3.45. The highest BCUT2D eigenvalue weighted by Gasteiger charge is 2.11. The zero-order valence-corrected chi connectivity index (χ0v) is 10.4. The van der Waals surface area contributed by atoms with Gasteiger partial charge < -0.3 is 14.5 Å². The lowest BCUT2D eigenvalue weighted by Gasteiger charge is -2.05. The molecule has 0 aliphatic carbocycles. The maximum Gasteiger partial charge on any atom is 0.208 e. The van der Waals surface area contributed by atoms with Crippen LogP contribution in [0.1, 0.15) is 5.89 Å². The van der Waals surface area contributed by atoms with E-state index in [0.717, 1.165) is 5.56 Å². The van der Waals surface area contributed by atoms with Crippen molar-refractivity contribution in [1.29, 1.82) is 0 Å². The first-order chi connectivity index (χ1) is 8.24. The van der Waals surface area contributed by atoms with E-state index in [1.54, 1.807) is 31.5 Å². The van der Waals surface area contributed by atoms with Gasteiger partial charge in [0.1, 0.15) is 5.75 Å². The molecule has 4 nitrogen and oxygen atoms in total. The molecule has 17 heavy (non-hydrogen) atoms. The Morgan fingerprint density at radius 2 is 2.29 bits per heavy atom. The van der Waals surface area contributed by atoms with Crippen LogP contribution >= 0.6 is 11.6 Å². The van der Waals surface area contributed by atoms with Crippen LogP contribution in [-0.2, 0) is 6.54 Å². The topological polar surface area (TPSA) is 47.3 Å². The van der Waals surface area contributed by atoms with Gasteiger partial charge in [-0.3, -0.25) is 0 Å². The fourth-order valence-corrected chi connectivity index (χ4v) is 1.71. The summed E-state index contributed by atoms with van der Waals surface area (Å²) in [5.41, 5.74) is 0.801. The van der Waals surface area contributed by atoms with E-state index in [4.69, 9.17) is 20.8 Å². The van der Waals surface area contributed by atoms with Crippen LogP contribution in [0.2, 0.25) is 5.02 Å². The van der Waals surface area contributed by atoms with Crippen LogP contribution in [0.5, 0.6) is 5.75 Å². The van der Waals surface area contributed by atoms with E-state index >= 15 is 0 Å². The van der Waals surface area contributed by atoms with E-state index in [2.05, 4.69) is 10.3 Å². The molecule has 0 spiro atoms. The molecule has 1 N–H and O–H groups in total. The minimum atomic E-state index is 0.586. The van der Waals surface area contributed by atoms with Gasteiger partial charge in [-0.05, 0) is 25.2 Å². The van der Waals surface area contributed by atoms with Gasteiger partial charge in [-0.15, -0.1) is 0 Å². The average Bonchev–Trinajstić information content (AvgIpc) is 2.78. The van der Waals surface area contributed by atoms with Gasteiger partial charge in [-0.1, -0.05) is 11.6 Å². The van der Waals surface area contributed by atoms with Crippen molar-refractivity contribution < 1.29 is 9.15 Å². The highest BCUT2D eigenvalue weighted by molar-refractivity contribution is 6.30. The Morgan fingerprint density at radius 3 is 3.00 bits per heavy atom. The normalized spacial score (nSPS) is 10.5. The molecule has 0 aliphatic heterocycles. The smallest absolute Gasteiger partial charge is 0.208 e. The summed E-state index contributed by atoms with van der Waals surface area (Å²) in [6.45, 7) is 0.586. The van der Waals surface area contributed by atoms with Crippen molar-refractivity contribution in [3.63, 3.8) is 0 Å². The molecule has 0 aliphatic rings. The first kappa shape index (κ1) is 12.0. The molecule has 1 aromatic carbocycles. The molecule has 1 aromatic heterocycles. The second kappa shape index (κ2) is 5.21. The summed E-state index contributed by atoms with van der Waals surface area (Å²) in [5, 5.41) is 3.61. The van der Waals surface area contributed by atoms with Crippen LogP contribution in [-0.4, -0.2) is 19.1 Å². The van der Waals surface area contributed by atoms with Crippen molar-refractivity contribution >= 4 is 11.6 Å². The molecular formula is C12H13ClN2O2. The number of benzene rings is 1. The fourth-order valence-electron chi connectivity index (χ4n) is 1.54. The third-order valence-corrected chi connectivity index (χ3v) is 2.54. The van der Waals surface area contributed by atoms with Crippen molar-refractivity contribution in [3.05, 3.63) is 35.3 Å². The Bertz CT molecular complexity index is 511. The summed E-state index contributed by atoms with van der Waals surface area (Å²) in [6.07, 6.45) is 1.67. The second-order valence-corrected chi connectivity index (χ2v) is 3.93. The van der Waals surface area contributed by atoms with Gasteiger partial charge in [0.15, 0.2) is 5.76 Å². The first-order valence-electron chi connectivity index (χ1n) is 5.18. The maximum absolute atomic E-state index is 5.96. The van der Waals surface area contributed by atoms with E-state index in [1.807, 2.05) is 7.05 Å². The van der Waals surface area contributed by atoms with Crippen molar-refractivity contribution in [3.8, 4) is 17.1 Å². The van der Waals surface area contributed by atoms with E-state index in [1.165, 1.54) is 0 Å². The van der Waals surface area contributed by atoms with Crippen molar-refractivity contribution in [2.45, 2.75) is 6.54 Å². The molecule has 2 aromatic rings. The molecule has 0 saturated heterocycles. The number of hydrogen-bond acceptors (Lipinski definition) is 4. The molecular weight excluding hydrogens is 240 g/mol. The van der Waals surface area contributed by atoms with Crippen LogP contribution in [0.3, 0.4) is 0 Å². The van der Waals surface area contributed by atoms with E-state index in [-0.39, 0.29) is 0 Å². The summed E-state index contributed by atoms with van der Waals surface area (Å²) in [4.78, 5) is 4.16. The van der Waals surface area contributed by atoms with Gasteiger partial charge >= 0.3 is 0 Å². The number of rotatable bonds is 4. The van der Waals surface area contributed by atoms with Crippen LogP contribution in [0.25, 0.3) is 11.3 Å². The molecule has 0 fully saturated rings. The number of oxazole rings is 1. The van der Waals surface area contributed by atoms with Gasteiger partial charge in [0.05, 0.1) is 25.4 Å². The van der Waals surface area contributed by atoms with E-state index < -0.39 is 0 Å². The SMILES string of the molecule is CNCc1ncc(-c2cc(Cl)ccc2OC)o1. The summed E-state index contributed by atoms with van der Waals surface area (Å²) >= 11 is 5.96. The molecule has 0 saturated carbocycles. The lowest BCUT2D eigenvalue weighted by molar-refractivity contribution is 0.413. The third kappa shape index (κ3) is 2.60. The lowest BCUT2D eigenvalue weighted by atomic mass is 10.1. The van der Waals surface area contributed by atoms with Gasteiger partial charge in [-0.2, -0.15) is 0 Å². The largest absolute Gasteiger partial charge is 0.496 e. The standard InChI is InChI=1S/C12H13ClN2O2/c1-14-7-12-15-6-11(17-12)9-5-8(13)3-4-10(9)16-2/h3-6,14H,7H2,1-2H3. The third-order valence-electron chi connectivity index (χ3n) is 2.31.